The van der Waals surface area contributed by atoms with Gasteiger partial charge < -0.3 is 5.32 Å². The number of hydrogen-bond acceptors (Lipinski definition) is 4. The van der Waals surface area contributed by atoms with Gasteiger partial charge in [-0.1, -0.05) is 0 Å². The highest BCUT2D eigenvalue weighted by Crippen LogP contribution is 2.20. The molecule has 0 aliphatic heterocycles. The van der Waals surface area contributed by atoms with Crippen molar-refractivity contribution >= 4 is 5.69 Å². The van der Waals surface area contributed by atoms with Gasteiger partial charge in [-0.25, -0.2) is 4.39 Å². The van der Waals surface area contributed by atoms with Gasteiger partial charge in [0.1, 0.15) is 18.0 Å². The molecule has 2 rings (SSSR count). The average Bonchev–Trinajstić information content (AvgIpc) is 2.47. The van der Waals surface area contributed by atoms with Crippen LogP contribution in [0.25, 0.3) is 0 Å². The quantitative estimate of drug-likeness (QED) is 0.926. The minimum atomic E-state index is -0.383. The molecule has 1 atom stereocenters. The van der Waals surface area contributed by atoms with Crippen molar-refractivity contribution < 1.29 is 4.39 Å². The first-order valence-corrected chi connectivity index (χ1v) is 5.96. The Kier molecular flexibility index (Phi) is 3.93. The van der Waals surface area contributed by atoms with Crippen LogP contribution >= 0.6 is 0 Å². The molecule has 0 saturated carbocycles. The van der Waals surface area contributed by atoms with E-state index in [2.05, 4.69) is 10.3 Å². The maximum absolute atomic E-state index is 12.8. The molecule has 1 N–H and O–H groups in total. The molecule has 0 aliphatic carbocycles. The molecule has 0 radical (unpaired) electrons. The van der Waals surface area contributed by atoms with Crippen molar-refractivity contribution in [1.82, 2.24) is 4.98 Å². The van der Waals surface area contributed by atoms with E-state index in [0.717, 1.165) is 6.20 Å². The minimum absolute atomic E-state index is 0.143. The second-order valence-electron chi connectivity index (χ2n) is 4.25. The third kappa shape index (κ3) is 2.90. The highest BCUT2D eigenvalue weighted by atomic mass is 19.1. The maximum Gasteiger partial charge on any atom is 0.141 e. The largest absolute Gasteiger partial charge is 0.377 e. The number of pyridine rings is 1. The van der Waals surface area contributed by atoms with Gasteiger partial charge in [-0.05, 0) is 37.3 Å². The standard InChI is InChI=1S/C15H11FN4/c1-10(15-5-3-13(16)9-19-15)20-14-4-2-11(7-17)12(6-14)8-18/h2-6,9-10,20H,1H3. The number of nitrogens with zero attached hydrogens (tertiary/aromatic N) is 3. The van der Waals surface area contributed by atoms with Gasteiger partial charge in [0, 0.05) is 5.69 Å². The number of rotatable bonds is 3. The lowest BCUT2D eigenvalue weighted by Gasteiger charge is -2.15. The number of nitrogens with one attached hydrogen (secondary N) is 1. The summed E-state index contributed by atoms with van der Waals surface area (Å²) < 4.78 is 12.8. The summed E-state index contributed by atoms with van der Waals surface area (Å²) in [6.07, 6.45) is 1.16. The predicted molar refractivity (Wildman–Crippen MR) is 72.1 cm³/mol. The molecule has 1 unspecified atom stereocenters. The van der Waals surface area contributed by atoms with Gasteiger partial charge in [-0.2, -0.15) is 10.5 Å². The molecule has 0 amide bonds. The number of anilines is 1. The highest BCUT2D eigenvalue weighted by Gasteiger charge is 2.09. The molecule has 0 spiro atoms. The van der Waals surface area contributed by atoms with Crippen LogP contribution in [0.4, 0.5) is 10.1 Å². The molecule has 0 fully saturated rings. The van der Waals surface area contributed by atoms with Gasteiger partial charge in [0.15, 0.2) is 0 Å². The Morgan fingerprint density at radius 1 is 1.15 bits per heavy atom. The molecule has 2 aromatic rings. The molecule has 1 aromatic carbocycles. The summed E-state index contributed by atoms with van der Waals surface area (Å²) in [6, 6.07) is 11.7. The van der Waals surface area contributed by atoms with E-state index in [1.165, 1.54) is 6.07 Å². The minimum Gasteiger partial charge on any atom is -0.377 e. The summed E-state index contributed by atoms with van der Waals surface area (Å²) in [4.78, 5) is 4.00. The van der Waals surface area contributed by atoms with Crippen LogP contribution in [0.5, 0.6) is 0 Å². The van der Waals surface area contributed by atoms with Crippen LogP contribution in [0.2, 0.25) is 0 Å². The van der Waals surface area contributed by atoms with Crippen LogP contribution < -0.4 is 5.32 Å². The summed E-state index contributed by atoms with van der Waals surface area (Å²) in [5.74, 6) is -0.383. The average molecular weight is 266 g/mol. The summed E-state index contributed by atoms with van der Waals surface area (Å²) in [6.45, 7) is 1.88. The second-order valence-corrected chi connectivity index (χ2v) is 4.25. The molecule has 1 aromatic heterocycles. The number of benzene rings is 1. The zero-order valence-electron chi connectivity index (χ0n) is 10.8. The third-order valence-electron chi connectivity index (χ3n) is 2.84. The Morgan fingerprint density at radius 2 is 1.90 bits per heavy atom. The molecule has 4 nitrogen and oxygen atoms in total. The smallest absolute Gasteiger partial charge is 0.141 e. The van der Waals surface area contributed by atoms with Crippen LogP contribution in [0.3, 0.4) is 0 Å². The second kappa shape index (κ2) is 5.81. The predicted octanol–water partition coefficient (Wildman–Crippen LogP) is 3.14. The van der Waals surface area contributed by atoms with E-state index in [1.54, 1.807) is 24.3 Å². The van der Waals surface area contributed by atoms with E-state index in [0.29, 0.717) is 22.5 Å². The van der Waals surface area contributed by atoms with Crippen LogP contribution in [-0.2, 0) is 0 Å². The third-order valence-corrected chi connectivity index (χ3v) is 2.84. The summed E-state index contributed by atoms with van der Waals surface area (Å²) in [5, 5.41) is 21.0. The molecule has 0 saturated heterocycles. The number of nitriles is 2. The topological polar surface area (TPSA) is 72.5 Å². The van der Waals surface area contributed by atoms with E-state index in [4.69, 9.17) is 10.5 Å². The molecule has 0 bridgehead atoms. The van der Waals surface area contributed by atoms with Crippen molar-refractivity contribution in [3.05, 3.63) is 59.2 Å². The zero-order chi connectivity index (χ0) is 14.5. The fraction of sp³-hybridized carbons (Fsp3) is 0.133. The summed E-state index contributed by atoms with van der Waals surface area (Å²) in [7, 11) is 0. The Morgan fingerprint density at radius 3 is 2.50 bits per heavy atom. The highest BCUT2D eigenvalue weighted by molar-refractivity contribution is 5.56. The Bertz CT molecular complexity index is 695. The Labute approximate surface area is 116 Å². The van der Waals surface area contributed by atoms with Crippen LogP contribution in [0.1, 0.15) is 29.8 Å². The van der Waals surface area contributed by atoms with Gasteiger partial charge in [0.25, 0.3) is 0 Å². The van der Waals surface area contributed by atoms with Crippen LogP contribution in [-0.4, -0.2) is 4.98 Å². The maximum atomic E-state index is 12.8. The van der Waals surface area contributed by atoms with Crippen molar-refractivity contribution in [3.8, 4) is 12.1 Å². The Hall–Kier alpha value is -2.92. The van der Waals surface area contributed by atoms with E-state index in [9.17, 15) is 4.39 Å². The van der Waals surface area contributed by atoms with Gasteiger partial charge in [0.2, 0.25) is 0 Å². The molecule has 0 aliphatic rings. The molecular weight excluding hydrogens is 255 g/mol. The first-order chi connectivity index (χ1) is 9.63. The lowest BCUT2D eigenvalue weighted by molar-refractivity contribution is 0.617. The summed E-state index contributed by atoms with van der Waals surface area (Å²) >= 11 is 0. The molecule has 5 heteroatoms. The van der Waals surface area contributed by atoms with Gasteiger partial charge >= 0.3 is 0 Å². The fourth-order valence-corrected chi connectivity index (χ4v) is 1.79. The van der Waals surface area contributed by atoms with Gasteiger partial charge in [-0.15, -0.1) is 0 Å². The molecule has 98 valence electrons. The molecule has 1 heterocycles. The molecule has 20 heavy (non-hydrogen) atoms. The van der Waals surface area contributed by atoms with Gasteiger partial charge in [-0.3, -0.25) is 4.98 Å². The van der Waals surface area contributed by atoms with Crippen molar-refractivity contribution in [1.29, 1.82) is 10.5 Å². The molecular formula is C15H11FN4. The zero-order valence-corrected chi connectivity index (χ0v) is 10.8. The van der Waals surface area contributed by atoms with Gasteiger partial charge in [0.05, 0.1) is 29.1 Å². The first kappa shape index (κ1) is 13.5. The monoisotopic (exact) mass is 266 g/mol. The van der Waals surface area contributed by atoms with E-state index < -0.39 is 0 Å². The van der Waals surface area contributed by atoms with Crippen molar-refractivity contribution in [2.75, 3.05) is 5.32 Å². The number of aromatic nitrogens is 1. The van der Waals surface area contributed by atoms with Crippen molar-refractivity contribution in [3.63, 3.8) is 0 Å². The van der Waals surface area contributed by atoms with Crippen molar-refractivity contribution in [2.24, 2.45) is 0 Å². The number of halogens is 1. The lowest BCUT2D eigenvalue weighted by Crippen LogP contribution is -2.08. The van der Waals surface area contributed by atoms with E-state index >= 15 is 0 Å². The normalized spacial score (nSPS) is 11.2. The van der Waals surface area contributed by atoms with Crippen LogP contribution in [0.15, 0.2) is 36.5 Å². The van der Waals surface area contributed by atoms with E-state index in [1.807, 2.05) is 19.1 Å². The first-order valence-electron chi connectivity index (χ1n) is 5.96. The van der Waals surface area contributed by atoms with E-state index in [-0.39, 0.29) is 11.9 Å². The SMILES string of the molecule is CC(Nc1ccc(C#N)c(C#N)c1)c1ccc(F)cn1. The van der Waals surface area contributed by atoms with Crippen LogP contribution in [0, 0.1) is 28.5 Å². The summed E-state index contributed by atoms with van der Waals surface area (Å²) in [5.41, 5.74) is 2.05. The number of hydrogen-bond donors (Lipinski definition) is 1. The lowest BCUT2D eigenvalue weighted by atomic mass is 10.1. The van der Waals surface area contributed by atoms with Crippen molar-refractivity contribution in [2.45, 2.75) is 13.0 Å². The Balaban J connectivity index is 2.20. The fourth-order valence-electron chi connectivity index (χ4n) is 1.79.